The number of nitriles is 1. The van der Waals surface area contributed by atoms with E-state index in [1.54, 1.807) is 0 Å². The standard InChI is InChI=1S/C25H28N4O3/c26-14-17-1-3-18(4-2-17)19-5-6-22-21(13-19)25-20(23(16-30)27-22)7-8-29(25)24(31)15-28-9-11-32-12-10-28/h1-6,13,20,23,25,27,30H,7-12,15-16H2/t20-,23-,25-/m1/s1. The van der Waals surface area contributed by atoms with Crippen molar-refractivity contribution in [1.29, 1.82) is 5.26 Å². The Morgan fingerprint density at radius 2 is 1.88 bits per heavy atom. The maximum Gasteiger partial charge on any atom is 0.237 e. The van der Waals surface area contributed by atoms with Crippen LogP contribution in [0.4, 0.5) is 5.69 Å². The average Bonchev–Trinajstić information content (AvgIpc) is 3.30. The summed E-state index contributed by atoms with van der Waals surface area (Å²) in [4.78, 5) is 17.5. The number of aliphatic hydroxyl groups is 1. The first-order valence-corrected chi connectivity index (χ1v) is 11.3. The second-order valence-electron chi connectivity index (χ2n) is 8.80. The highest BCUT2D eigenvalue weighted by Gasteiger charge is 2.45. The van der Waals surface area contributed by atoms with Crippen LogP contribution in [0.15, 0.2) is 42.5 Å². The summed E-state index contributed by atoms with van der Waals surface area (Å²) in [6.45, 7) is 4.08. The molecule has 1 amide bonds. The number of nitrogens with one attached hydrogen (secondary N) is 1. The second-order valence-corrected chi connectivity index (χ2v) is 8.80. The summed E-state index contributed by atoms with van der Waals surface area (Å²) in [5.41, 5.74) is 4.82. The van der Waals surface area contributed by atoms with Crippen LogP contribution in [0.3, 0.4) is 0 Å². The number of carbonyl (C=O) groups excluding carboxylic acids is 1. The Kier molecular flexibility index (Phi) is 5.83. The zero-order valence-corrected chi connectivity index (χ0v) is 18.0. The fourth-order valence-electron chi connectivity index (χ4n) is 5.30. The molecular weight excluding hydrogens is 404 g/mol. The topological polar surface area (TPSA) is 88.8 Å². The van der Waals surface area contributed by atoms with Gasteiger partial charge in [-0.2, -0.15) is 5.26 Å². The largest absolute Gasteiger partial charge is 0.394 e. The van der Waals surface area contributed by atoms with E-state index in [9.17, 15) is 9.90 Å². The number of ether oxygens (including phenoxy) is 1. The van der Waals surface area contributed by atoms with Gasteiger partial charge in [0.25, 0.3) is 0 Å². The summed E-state index contributed by atoms with van der Waals surface area (Å²) in [5, 5.41) is 22.6. The minimum atomic E-state index is -0.0607. The van der Waals surface area contributed by atoms with E-state index in [2.05, 4.69) is 28.4 Å². The van der Waals surface area contributed by atoms with Crippen molar-refractivity contribution >= 4 is 11.6 Å². The first-order valence-electron chi connectivity index (χ1n) is 11.3. The van der Waals surface area contributed by atoms with Gasteiger partial charge in [0.2, 0.25) is 5.91 Å². The molecule has 2 saturated heterocycles. The number of hydrogen-bond donors (Lipinski definition) is 2. The highest BCUT2D eigenvalue weighted by Crippen LogP contribution is 2.47. The second kappa shape index (κ2) is 8.91. The molecule has 2 N–H and O–H groups in total. The molecule has 2 fully saturated rings. The lowest BCUT2D eigenvalue weighted by Gasteiger charge is -2.40. The molecule has 0 aromatic heterocycles. The summed E-state index contributed by atoms with van der Waals surface area (Å²) >= 11 is 0. The molecule has 3 heterocycles. The third-order valence-electron chi connectivity index (χ3n) is 7.00. The molecule has 7 heteroatoms. The summed E-state index contributed by atoms with van der Waals surface area (Å²) in [6.07, 6.45) is 0.873. The predicted octanol–water partition coefficient (Wildman–Crippen LogP) is 2.23. The Morgan fingerprint density at radius 1 is 1.12 bits per heavy atom. The number of morpholine rings is 1. The van der Waals surface area contributed by atoms with E-state index in [4.69, 9.17) is 10.00 Å². The van der Waals surface area contributed by atoms with Crippen LogP contribution < -0.4 is 5.32 Å². The summed E-state index contributed by atoms with van der Waals surface area (Å²) in [5.74, 6) is 0.324. The van der Waals surface area contributed by atoms with Crippen molar-refractivity contribution in [2.45, 2.75) is 18.5 Å². The van der Waals surface area contributed by atoms with Crippen LogP contribution in [0.25, 0.3) is 11.1 Å². The smallest absolute Gasteiger partial charge is 0.237 e. The fourth-order valence-corrected chi connectivity index (χ4v) is 5.30. The Balaban J connectivity index is 1.46. The summed E-state index contributed by atoms with van der Waals surface area (Å²) < 4.78 is 5.42. The quantitative estimate of drug-likeness (QED) is 0.770. The predicted molar refractivity (Wildman–Crippen MR) is 121 cm³/mol. The van der Waals surface area contributed by atoms with Gasteiger partial charge in [0.1, 0.15) is 0 Å². The SMILES string of the molecule is N#Cc1ccc(-c2ccc3c(c2)[C@H]2[C@H](CCN2C(=O)CN2CCOCC2)[C@@H](CO)N3)cc1. The summed E-state index contributed by atoms with van der Waals surface area (Å²) in [6, 6.07) is 15.9. The molecule has 3 aliphatic heterocycles. The zero-order chi connectivity index (χ0) is 22.1. The highest BCUT2D eigenvalue weighted by atomic mass is 16.5. The third-order valence-corrected chi connectivity index (χ3v) is 7.00. The van der Waals surface area contributed by atoms with E-state index in [1.165, 1.54) is 0 Å². The molecule has 3 atom stereocenters. The van der Waals surface area contributed by atoms with Crippen LogP contribution >= 0.6 is 0 Å². The van der Waals surface area contributed by atoms with E-state index in [1.807, 2.05) is 35.2 Å². The molecule has 166 valence electrons. The number of amides is 1. The number of nitrogens with zero attached hydrogens (tertiary/aromatic N) is 3. The number of anilines is 1. The van der Waals surface area contributed by atoms with Gasteiger partial charge in [-0.15, -0.1) is 0 Å². The van der Waals surface area contributed by atoms with Crippen LogP contribution in [-0.4, -0.2) is 72.9 Å². The Bertz CT molecular complexity index is 1030. The normalized spacial score (nSPS) is 24.9. The van der Waals surface area contributed by atoms with Gasteiger partial charge in [0, 0.05) is 31.2 Å². The minimum absolute atomic E-state index is 0.0451. The van der Waals surface area contributed by atoms with E-state index in [0.29, 0.717) is 31.9 Å². The number of rotatable bonds is 4. The molecule has 0 spiro atoms. The lowest BCUT2D eigenvalue weighted by Crippen LogP contribution is -2.47. The lowest BCUT2D eigenvalue weighted by atomic mass is 9.82. The van der Waals surface area contributed by atoms with Crippen molar-refractivity contribution in [3.05, 3.63) is 53.6 Å². The fraction of sp³-hybridized carbons (Fsp3) is 0.440. The van der Waals surface area contributed by atoms with Crippen LogP contribution in [0.2, 0.25) is 0 Å². The number of carbonyl (C=O) groups is 1. The zero-order valence-electron chi connectivity index (χ0n) is 18.0. The number of fused-ring (bicyclic) bond motifs is 3. The molecule has 0 saturated carbocycles. The molecule has 2 aromatic carbocycles. The lowest BCUT2D eigenvalue weighted by molar-refractivity contribution is -0.134. The Morgan fingerprint density at radius 3 is 2.59 bits per heavy atom. The average molecular weight is 433 g/mol. The number of hydrogen-bond acceptors (Lipinski definition) is 6. The van der Waals surface area contributed by atoms with E-state index < -0.39 is 0 Å². The van der Waals surface area contributed by atoms with Gasteiger partial charge >= 0.3 is 0 Å². The molecule has 0 radical (unpaired) electrons. The number of benzene rings is 2. The number of aliphatic hydroxyl groups excluding tert-OH is 1. The molecule has 5 rings (SSSR count). The molecule has 0 aliphatic carbocycles. The summed E-state index contributed by atoms with van der Waals surface area (Å²) in [7, 11) is 0. The number of likely N-dealkylation sites (tertiary alicyclic amines) is 1. The van der Waals surface area contributed by atoms with Gasteiger partial charge in [-0.3, -0.25) is 9.69 Å². The van der Waals surface area contributed by atoms with Crippen LogP contribution in [-0.2, 0) is 9.53 Å². The monoisotopic (exact) mass is 432 g/mol. The first kappa shape index (κ1) is 21.0. The van der Waals surface area contributed by atoms with Gasteiger partial charge in [0.15, 0.2) is 0 Å². The molecule has 3 aliphatic rings. The Labute approximate surface area is 188 Å². The maximum absolute atomic E-state index is 13.3. The van der Waals surface area contributed by atoms with Gasteiger partial charge in [-0.1, -0.05) is 18.2 Å². The van der Waals surface area contributed by atoms with Crippen molar-refractivity contribution in [3.63, 3.8) is 0 Å². The van der Waals surface area contributed by atoms with Crippen molar-refractivity contribution < 1.29 is 14.6 Å². The van der Waals surface area contributed by atoms with Crippen LogP contribution in [0.5, 0.6) is 0 Å². The minimum Gasteiger partial charge on any atom is -0.394 e. The van der Waals surface area contributed by atoms with Gasteiger partial charge in [0.05, 0.1) is 50.1 Å². The first-order chi connectivity index (χ1) is 15.7. The Hall–Kier alpha value is -2.92. The molecule has 0 unspecified atom stereocenters. The molecular formula is C25H28N4O3. The van der Waals surface area contributed by atoms with E-state index in [-0.39, 0.29) is 30.5 Å². The van der Waals surface area contributed by atoms with Gasteiger partial charge < -0.3 is 20.1 Å². The van der Waals surface area contributed by atoms with Crippen molar-refractivity contribution in [2.24, 2.45) is 5.92 Å². The third kappa shape index (κ3) is 3.86. The van der Waals surface area contributed by atoms with Crippen molar-refractivity contribution in [3.8, 4) is 17.2 Å². The van der Waals surface area contributed by atoms with Gasteiger partial charge in [-0.25, -0.2) is 0 Å². The van der Waals surface area contributed by atoms with Crippen molar-refractivity contribution in [1.82, 2.24) is 9.80 Å². The van der Waals surface area contributed by atoms with E-state index in [0.717, 1.165) is 41.9 Å². The highest BCUT2D eigenvalue weighted by molar-refractivity contribution is 5.80. The van der Waals surface area contributed by atoms with Gasteiger partial charge in [-0.05, 0) is 47.4 Å². The molecule has 7 nitrogen and oxygen atoms in total. The molecule has 32 heavy (non-hydrogen) atoms. The molecule has 0 bridgehead atoms. The van der Waals surface area contributed by atoms with Crippen molar-refractivity contribution in [2.75, 3.05) is 51.3 Å². The van der Waals surface area contributed by atoms with Crippen LogP contribution in [0, 0.1) is 17.2 Å². The maximum atomic E-state index is 13.3. The van der Waals surface area contributed by atoms with E-state index >= 15 is 0 Å². The van der Waals surface area contributed by atoms with Crippen LogP contribution in [0.1, 0.15) is 23.6 Å². The molecule has 2 aromatic rings.